The fraction of sp³-hybridized carbons (Fsp3) is 0.481. The maximum absolute atomic E-state index is 11.6. The Morgan fingerprint density at radius 1 is 0.947 bits per heavy atom. The number of benzene rings is 1. The molecule has 1 aromatic rings. The van der Waals surface area contributed by atoms with E-state index in [4.69, 9.17) is 4.74 Å². The van der Waals surface area contributed by atoms with Gasteiger partial charge in [0.05, 0.1) is 6.54 Å². The van der Waals surface area contributed by atoms with Crippen LogP contribution in [-0.2, 0) is 40.1 Å². The zero-order chi connectivity index (χ0) is 28.5. The van der Waals surface area contributed by atoms with Gasteiger partial charge in [0.1, 0.15) is 6.61 Å². The van der Waals surface area contributed by atoms with E-state index < -0.39 is 0 Å². The standard InChI is InChI=1S/C15H24N2O3.C12H14N2O4/c1-11(2)12(3)16-13(18)7-5-4-6-10-17-14(19)8-9-15(17)20;1-9(16)18-7-10-2-4-11(5-3-10)14-12(17)6-13-8-15/h8-9,11-12H,4-7,10H2,1-3H3,(H,16,18);2-5,8H,6-7H2,1H3,(H,13,15)(H,14,17). The van der Waals surface area contributed by atoms with E-state index in [1.54, 1.807) is 24.3 Å². The van der Waals surface area contributed by atoms with E-state index in [2.05, 4.69) is 29.8 Å². The Labute approximate surface area is 223 Å². The quantitative estimate of drug-likeness (QED) is 0.144. The lowest BCUT2D eigenvalue weighted by Crippen LogP contribution is -2.35. The lowest BCUT2D eigenvalue weighted by molar-refractivity contribution is -0.142. The number of nitrogens with one attached hydrogen (secondary N) is 3. The highest BCUT2D eigenvalue weighted by atomic mass is 16.5. The van der Waals surface area contributed by atoms with Crippen molar-refractivity contribution in [3.05, 3.63) is 42.0 Å². The zero-order valence-electron chi connectivity index (χ0n) is 22.5. The van der Waals surface area contributed by atoms with Crippen LogP contribution >= 0.6 is 0 Å². The fourth-order valence-corrected chi connectivity index (χ4v) is 3.09. The highest BCUT2D eigenvalue weighted by Gasteiger charge is 2.22. The third-order valence-electron chi connectivity index (χ3n) is 5.60. The number of ether oxygens (including phenoxy) is 1. The number of amides is 5. The van der Waals surface area contributed by atoms with Crippen LogP contribution in [0.4, 0.5) is 5.69 Å². The number of nitrogens with zero attached hydrogens (tertiary/aromatic N) is 1. The third-order valence-corrected chi connectivity index (χ3v) is 5.60. The summed E-state index contributed by atoms with van der Waals surface area (Å²) in [5.74, 6) is -0.626. The summed E-state index contributed by atoms with van der Waals surface area (Å²) in [5, 5.41) is 7.82. The van der Waals surface area contributed by atoms with Crippen LogP contribution in [0.1, 0.15) is 58.9 Å². The van der Waals surface area contributed by atoms with Crippen LogP contribution in [0.2, 0.25) is 0 Å². The summed E-state index contributed by atoms with van der Waals surface area (Å²) < 4.78 is 4.83. The molecule has 3 N–H and O–H groups in total. The fourth-order valence-electron chi connectivity index (χ4n) is 3.09. The highest BCUT2D eigenvalue weighted by molar-refractivity contribution is 6.12. The average Bonchev–Trinajstić information content (AvgIpc) is 3.19. The first kappa shape index (κ1) is 32.0. The highest BCUT2D eigenvalue weighted by Crippen LogP contribution is 2.11. The van der Waals surface area contributed by atoms with Crippen molar-refractivity contribution in [2.45, 2.75) is 66.0 Å². The summed E-state index contributed by atoms with van der Waals surface area (Å²) in [6.45, 7) is 8.06. The first-order chi connectivity index (χ1) is 18.0. The normalized spacial score (nSPS) is 12.9. The molecule has 11 heteroatoms. The molecule has 1 atom stereocenters. The van der Waals surface area contributed by atoms with Gasteiger partial charge in [-0.05, 0) is 43.4 Å². The van der Waals surface area contributed by atoms with E-state index in [1.807, 2.05) is 6.92 Å². The number of carbonyl (C=O) groups is 6. The van der Waals surface area contributed by atoms with Gasteiger partial charge in [0.2, 0.25) is 18.2 Å². The van der Waals surface area contributed by atoms with Crippen LogP contribution in [0.3, 0.4) is 0 Å². The van der Waals surface area contributed by atoms with Gasteiger partial charge in [-0.15, -0.1) is 0 Å². The Balaban J connectivity index is 0.000000382. The molecule has 1 aliphatic rings. The van der Waals surface area contributed by atoms with Gasteiger partial charge < -0.3 is 20.7 Å². The number of unbranched alkanes of at least 4 members (excludes halogenated alkanes) is 2. The number of imide groups is 1. The van der Waals surface area contributed by atoms with Crippen molar-refractivity contribution in [3.63, 3.8) is 0 Å². The minimum Gasteiger partial charge on any atom is -0.461 e. The molecule has 0 fully saturated rings. The third kappa shape index (κ3) is 13.3. The van der Waals surface area contributed by atoms with Gasteiger partial charge >= 0.3 is 5.97 Å². The summed E-state index contributed by atoms with van der Waals surface area (Å²) in [7, 11) is 0. The molecule has 0 aromatic heterocycles. The molecular weight excluding hydrogens is 492 g/mol. The Kier molecular flexibility index (Phi) is 14.7. The zero-order valence-corrected chi connectivity index (χ0v) is 22.5. The van der Waals surface area contributed by atoms with Crippen molar-refractivity contribution in [3.8, 4) is 0 Å². The van der Waals surface area contributed by atoms with Gasteiger partial charge in [-0.2, -0.15) is 0 Å². The lowest BCUT2D eigenvalue weighted by Gasteiger charge is -2.17. The van der Waals surface area contributed by atoms with E-state index in [-0.39, 0.29) is 48.8 Å². The van der Waals surface area contributed by atoms with Crippen LogP contribution in [0, 0.1) is 5.92 Å². The SMILES string of the molecule is CC(=O)OCc1ccc(NC(=O)CNC=O)cc1.CC(C)C(C)NC(=O)CCCCCN1C(=O)C=CC1=O. The molecule has 1 aromatic carbocycles. The molecule has 0 saturated heterocycles. The molecule has 1 heterocycles. The number of anilines is 1. The molecule has 0 saturated carbocycles. The predicted octanol–water partition coefficient (Wildman–Crippen LogP) is 2.07. The molecule has 0 radical (unpaired) electrons. The van der Waals surface area contributed by atoms with E-state index >= 15 is 0 Å². The molecule has 11 nitrogen and oxygen atoms in total. The van der Waals surface area contributed by atoms with Crippen molar-refractivity contribution >= 4 is 41.7 Å². The molecule has 2 rings (SSSR count). The van der Waals surface area contributed by atoms with Gasteiger partial charge in [0, 0.05) is 43.8 Å². The van der Waals surface area contributed by atoms with Gasteiger partial charge in [0.25, 0.3) is 11.8 Å². The largest absolute Gasteiger partial charge is 0.461 e. The number of rotatable bonds is 14. The van der Waals surface area contributed by atoms with Crippen LogP contribution < -0.4 is 16.0 Å². The Morgan fingerprint density at radius 3 is 2.13 bits per heavy atom. The number of hydrogen-bond donors (Lipinski definition) is 3. The number of carbonyl (C=O) groups excluding carboxylic acids is 6. The van der Waals surface area contributed by atoms with Crippen molar-refractivity contribution in [2.75, 3.05) is 18.4 Å². The Hall–Kier alpha value is -4.02. The van der Waals surface area contributed by atoms with Gasteiger partial charge in [-0.25, -0.2) is 0 Å². The second-order valence-electron chi connectivity index (χ2n) is 9.10. The van der Waals surface area contributed by atoms with Gasteiger partial charge in [0.15, 0.2) is 0 Å². The maximum atomic E-state index is 11.6. The number of esters is 1. The van der Waals surface area contributed by atoms with Gasteiger partial charge in [-0.1, -0.05) is 32.4 Å². The van der Waals surface area contributed by atoms with Crippen LogP contribution in [0.15, 0.2) is 36.4 Å². The van der Waals surface area contributed by atoms with Gasteiger partial charge in [-0.3, -0.25) is 33.7 Å². The molecule has 1 aliphatic heterocycles. The van der Waals surface area contributed by atoms with Crippen molar-refractivity contribution < 1.29 is 33.5 Å². The van der Waals surface area contributed by atoms with E-state index in [0.29, 0.717) is 31.0 Å². The molecule has 1 unspecified atom stereocenters. The molecule has 38 heavy (non-hydrogen) atoms. The second kappa shape index (κ2) is 17.4. The minimum atomic E-state index is -0.340. The molecule has 0 spiro atoms. The topological polar surface area (TPSA) is 151 Å². The smallest absolute Gasteiger partial charge is 0.302 e. The maximum Gasteiger partial charge on any atom is 0.302 e. The van der Waals surface area contributed by atoms with Crippen LogP contribution in [-0.4, -0.2) is 60.0 Å². The van der Waals surface area contributed by atoms with E-state index in [1.165, 1.54) is 24.0 Å². The Bertz CT molecular complexity index is 972. The number of hydrogen-bond acceptors (Lipinski definition) is 7. The first-order valence-corrected chi connectivity index (χ1v) is 12.6. The van der Waals surface area contributed by atoms with E-state index in [9.17, 15) is 28.8 Å². The molecule has 0 bridgehead atoms. The van der Waals surface area contributed by atoms with Crippen LogP contribution in [0.25, 0.3) is 0 Å². The average molecular weight is 531 g/mol. The molecule has 208 valence electrons. The summed E-state index contributed by atoms with van der Waals surface area (Å²) in [6, 6.07) is 7.06. The second-order valence-corrected chi connectivity index (χ2v) is 9.10. The Morgan fingerprint density at radius 2 is 1.58 bits per heavy atom. The van der Waals surface area contributed by atoms with E-state index in [0.717, 1.165) is 24.8 Å². The summed E-state index contributed by atoms with van der Waals surface area (Å²) >= 11 is 0. The summed E-state index contributed by atoms with van der Waals surface area (Å²) in [4.78, 5) is 67.4. The minimum absolute atomic E-state index is 0.0705. The van der Waals surface area contributed by atoms with Crippen LogP contribution in [0.5, 0.6) is 0 Å². The molecular formula is C27H38N4O7. The van der Waals surface area contributed by atoms with Crippen molar-refractivity contribution in [2.24, 2.45) is 5.92 Å². The van der Waals surface area contributed by atoms with Crippen molar-refractivity contribution in [1.82, 2.24) is 15.5 Å². The monoisotopic (exact) mass is 530 g/mol. The predicted molar refractivity (Wildman–Crippen MR) is 141 cm³/mol. The summed E-state index contributed by atoms with van der Waals surface area (Å²) in [5.41, 5.74) is 1.44. The summed E-state index contributed by atoms with van der Waals surface area (Å²) in [6.07, 6.45) is 5.90. The lowest BCUT2D eigenvalue weighted by atomic mass is 10.1. The first-order valence-electron chi connectivity index (χ1n) is 12.6. The molecule has 5 amide bonds. The molecule has 0 aliphatic carbocycles. The van der Waals surface area contributed by atoms with Crippen molar-refractivity contribution in [1.29, 1.82) is 0 Å².